The van der Waals surface area contributed by atoms with Crippen LogP contribution in [0.2, 0.25) is 0 Å². The molecule has 5 aromatic rings. The molecule has 0 aromatic heterocycles. The van der Waals surface area contributed by atoms with Gasteiger partial charge in [0.05, 0.1) is 0 Å². The number of amides is 2. The first kappa shape index (κ1) is 29.0. The molecule has 1 N–H and O–H groups in total. The van der Waals surface area contributed by atoms with Crippen LogP contribution < -0.4 is 0 Å². The molecule has 5 aromatic carbocycles. The summed E-state index contributed by atoms with van der Waals surface area (Å²) in [6.07, 6.45) is -1.55. The van der Waals surface area contributed by atoms with E-state index in [9.17, 15) is 19.5 Å². The van der Waals surface area contributed by atoms with Crippen LogP contribution in [-0.4, -0.2) is 40.8 Å². The van der Waals surface area contributed by atoms with Gasteiger partial charge in [-0.3, -0.25) is 0 Å². The van der Waals surface area contributed by atoms with Crippen LogP contribution in [0.3, 0.4) is 0 Å². The molecule has 0 saturated heterocycles. The van der Waals surface area contributed by atoms with Gasteiger partial charge in [0.2, 0.25) is 0 Å². The number of hydrogen-bond donors (Lipinski definition) is 1. The van der Waals surface area contributed by atoms with E-state index < -0.39 is 24.2 Å². The van der Waals surface area contributed by atoms with Gasteiger partial charge in [0.25, 0.3) is 0 Å². The number of imide groups is 1. The normalized spacial score (nSPS) is 13.1. The summed E-state index contributed by atoms with van der Waals surface area (Å²) in [7, 11) is 0. The third-order valence-electron chi connectivity index (χ3n) is 8.90. The van der Waals surface area contributed by atoms with Gasteiger partial charge in [0, 0.05) is 12.3 Å². The third-order valence-corrected chi connectivity index (χ3v) is 8.90. The standard InChI is InChI=1S/C39H31NO6/c41-37(42)36(21-25-11-2-1-3-12-25)40(38(43)45-23-27-14-10-20-29-28-15-5-4-13-26(28)22-34(27)29)39(44)46-24-35-32-18-8-6-16-30(32)31-17-7-9-19-33(31)35/h1-20,35-36H,21-24H2,(H,41,42)/t36-/m0/s1. The average Bonchev–Trinajstić information content (AvgIpc) is 3.62. The zero-order valence-corrected chi connectivity index (χ0v) is 25.0. The van der Waals surface area contributed by atoms with Crippen LogP contribution in [0.5, 0.6) is 0 Å². The number of carboxylic acid groups (broad SMARTS) is 1. The Balaban J connectivity index is 1.14. The van der Waals surface area contributed by atoms with Gasteiger partial charge in [-0.2, -0.15) is 4.90 Å². The summed E-state index contributed by atoms with van der Waals surface area (Å²) in [6.45, 7) is -0.195. The molecule has 0 heterocycles. The molecule has 1 atom stereocenters. The van der Waals surface area contributed by atoms with Gasteiger partial charge in [-0.1, -0.05) is 121 Å². The topological polar surface area (TPSA) is 93.1 Å². The van der Waals surface area contributed by atoms with Gasteiger partial charge in [-0.15, -0.1) is 0 Å². The lowest BCUT2D eigenvalue weighted by molar-refractivity contribution is -0.142. The summed E-state index contributed by atoms with van der Waals surface area (Å²) >= 11 is 0. The van der Waals surface area contributed by atoms with E-state index in [-0.39, 0.29) is 25.6 Å². The van der Waals surface area contributed by atoms with E-state index in [4.69, 9.17) is 9.47 Å². The largest absolute Gasteiger partial charge is 0.480 e. The Morgan fingerprint density at radius 1 is 0.674 bits per heavy atom. The molecule has 0 unspecified atom stereocenters. The number of carboxylic acids is 1. The van der Waals surface area contributed by atoms with Crippen LogP contribution in [0.15, 0.2) is 121 Å². The summed E-state index contributed by atoms with van der Waals surface area (Å²) < 4.78 is 11.5. The molecule has 2 amide bonds. The zero-order valence-electron chi connectivity index (χ0n) is 25.0. The molecule has 2 aliphatic carbocycles. The summed E-state index contributed by atoms with van der Waals surface area (Å²) in [5.74, 6) is -1.61. The number of rotatable bonds is 8. The van der Waals surface area contributed by atoms with Crippen LogP contribution in [0.4, 0.5) is 9.59 Å². The number of fused-ring (bicyclic) bond motifs is 6. The number of aliphatic carboxylic acids is 1. The fourth-order valence-corrected chi connectivity index (χ4v) is 6.69. The molecule has 7 heteroatoms. The van der Waals surface area contributed by atoms with Gasteiger partial charge in [0.1, 0.15) is 19.3 Å². The minimum Gasteiger partial charge on any atom is -0.480 e. The van der Waals surface area contributed by atoms with Crippen molar-refractivity contribution in [1.29, 1.82) is 0 Å². The van der Waals surface area contributed by atoms with Crippen molar-refractivity contribution in [2.75, 3.05) is 6.61 Å². The highest BCUT2D eigenvalue weighted by molar-refractivity contribution is 5.93. The second-order valence-corrected chi connectivity index (χ2v) is 11.5. The zero-order chi connectivity index (χ0) is 31.6. The predicted molar refractivity (Wildman–Crippen MR) is 173 cm³/mol. The molecule has 46 heavy (non-hydrogen) atoms. The third kappa shape index (κ3) is 5.41. The lowest BCUT2D eigenvalue weighted by atomic mass is 9.98. The number of hydrogen-bond acceptors (Lipinski definition) is 5. The summed E-state index contributed by atoms with van der Waals surface area (Å²) in [5, 5.41) is 10.3. The van der Waals surface area contributed by atoms with Crippen molar-refractivity contribution in [1.82, 2.24) is 4.90 Å². The lowest BCUT2D eigenvalue weighted by Crippen LogP contribution is -2.50. The van der Waals surface area contributed by atoms with E-state index in [1.807, 2.05) is 84.9 Å². The van der Waals surface area contributed by atoms with Crippen LogP contribution in [0, 0.1) is 0 Å². The van der Waals surface area contributed by atoms with Gasteiger partial charge >= 0.3 is 18.2 Å². The molecule has 7 rings (SSSR count). The van der Waals surface area contributed by atoms with Crippen molar-refractivity contribution < 1.29 is 29.0 Å². The van der Waals surface area contributed by atoms with Gasteiger partial charge in [-0.25, -0.2) is 14.4 Å². The van der Waals surface area contributed by atoms with Crippen molar-refractivity contribution in [3.05, 3.63) is 155 Å². The summed E-state index contributed by atoms with van der Waals surface area (Å²) in [5.41, 5.74) is 10.0. The molecule has 0 fully saturated rings. The molecule has 2 aliphatic rings. The Labute approximate surface area is 266 Å². The Kier molecular flexibility index (Phi) is 7.81. The Morgan fingerprint density at radius 3 is 1.96 bits per heavy atom. The number of ether oxygens (including phenoxy) is 2. The first-order valence-electron chi connectivity index (χ1n) is 15.3. The fourth-order valence-electron chi connectivity index (χ4n) is 6.69. The van der Waals surface area contributed by atoms with Crippen molar-refractivity contribution in [2.24, 2.45) is 0 Å². The quantitative estimate of drug-likeness (QED) is 0.189. The summed E-state index contributed by atoms with van der Waals surface area (Å²) in [4.78, 5) is 40.8. The van der Waals surface area contributed by atoms with Crippen LogP contribution in [0.1, 0.15) is 39.3 Å². The van der Waals surface area contributed by atoms with Gasteiger partial charge in [-0.05, 0) is 62.1 Å². The number of benzene rings is 5. The van der Waals surface area contributed by atoms with Gasteiger partial charge in [0.15, 0.2) is 0 Å². The van der Waals surface area contributed by atoms with Crippen molar-refractivity contribution in [2.45, 2.75) is 31.4 Å². The lowest BCUT2D eigenvalue weighted by Gasteiger charge is -2.27. The van der Waals surface area contributed by atoms with Crippen LogP contribution >= 0.6 is 0 Å². The number of carbonyl (C=O) groups is 3. The molecule has 0 radical (unpaired) electrons. The molecular weight excluding hydrogens is 578 g/mol. The van der Waals surface area contributed by atoms with E-state index in [0.29, 0.717) is 16.9 Å². The van der Waals surface area contributed by atoms with Crippen molar-refractivity contribution in [3.63, 3.8) is 0 Å². The minimum absolute atomic E-state index is 0.0707. The van der Waals surface area contributed by atoms with E-state index in [1.54, 1.807) is 24.3 Å². The van der Waals surface area contributed by atoms with Gasteiger partial charge < -0.3 is 14.6 Å². The highest BCUT2D eigenvalue weighted by Crippen LogP contribution is 2.44. The number of carbonyl (C=O) groups excluding carboxylic acids is 2. The Hall–Kier alpha value is -5.69. The molecule has 0 saturated carbocycles. The predicted octanol–water partition coefficient (Wildman–Crippen LogP) is 7.84. The maximum absolute atomic E-state index is 13.8. The molecule has 228 valence electrons. The average molecular weight is 610 g/mol. The van der Waals surface area contributed by atoms with E-state index in [2.05, 4.69) is 12.1 Å². The second kappa shape index (κ2) is 12.4. The second-order valence-electron chi connectivity index (χ2n) is 11.5. The molecule has 7 nitrogen and oxygen atoms in total. The SMILES string of the molecule is O=C(O)[C@H](Cc1ccccc1)N(C(=O)OCc1cccc2c1Cc1ccccc1-2)C(=O)OCC1c2ccccc2-c2ccccc21. The summed E-state index contributed by atoms with van der Waals surface area (Å²) in [6, 6.07) is 37.1. The van der Waals surface area contributed by atoms with E-state index in [1.165, 1.54) is 5.56 Å². The van der Waals surface area contributed by atoms with Crippen LogP contribution in [-0.2, 0) is 33.7 Å². The highest BCUT2D eigenvalue weighted by atomic mass is 16.6. The van der Waals surface area contributed by atoms with E-state index >= 15 is 0 Å². The first-order valence-corrected chi connectivity index (χ1v) is 15.3. The minimum atomic E-state index is -1.55. The van der Waals surface area contributed by atoms with Crippen molar-refractivity contribution in [3.8, 4) is 22.3 Å². The first-order chi connectivity index (χ1) is 22.5. The Bertz CT molecular complexity index is 1910. The maximum Gasteiger partial charge on any atom is 0.420 e. The number of nitrogens with zero attached hydrogens (tertiary/aromatic N) is 1. The highest BCUT2D eigenvalue weighted by Gasteiger charge is 2.39. The fraction of sp³-hybridized carbons (Fsp3) is 0.154. The maximum atomic E-state index is 13.8. The molecular formula is C39H31NO6. The monoisotopic (exact) mass is 609 g/mol. The molecule has 0 spiro atoms. The smallest absolute Gasteiger partial charge is 0.420 e. The molecule has 0 aliphatic heterocycles. The molecule has 0 bridgehead atoms. The van der Waals surface area contributed by atoms with Crippen molar-refractivity contribution >= 4 is 18.2 Å². The van der Waals surface area contributed by atoms with Crippen LogP contribution in [0.25, 0.3) is 22.3 Å². The Morgan fingerprint density at radius 2 is 1.26 bits per heavy atom. The van der Waals surface area contributed by atoms with E-state index in [0.717, 1.165) is 44.5 Å².